The molecule has 0 fully saturated rings. The summed E-state index contributed by atoms with van der Waals surface area (Å²) in [6.45, 7) is 0. The fourth-order valence-electron chi connectivity index (χ4n) is 10.1. The van der Waals surface area contributed by atoms with E-state index in [-0.39, 0.29) is 0 Å². The van der Waals surface area contributed by atoms with Crippen LogP contribution in [0.15, 0.2) is 194 Å². The van der Waals surface area contributed by atoms with Gasteiger partial charge in [0.15, 0.2) is 0 Å². The van der Waals surface area contributed by atoms with Crippen molar-refractivity contribution in [2.24, 2.45) is 0 Å². The summed E-state index contributed by atoms with van der Waals surface area (Å²) in [6, 6.07) is 72.7. The zero-order valence-electron chi connectivity index (χ0n) is 29.0. The lowest BCUT2D eigenvalue weighted by Gasteiger charge is -2.31. The smallest absolute Gasteiger partial charge is 0.0619 e. The van der Waals surface area contributed by atoms with E-state index in [2.05, 4.69) is 194 Å². The molecule has 0 nitrogen and oxygen atoms in total. The van der Waals surface area contributed by atoms with Crippen LogP contribution in [0.2, 0.25) is 0 Å². The van der Waals surface area contributed by atoms with Crippen molar-refractivity contribution < 1.29 is 0 Å². The van der Waals surface area contributed by atoms with Crippen LogP contribution in [-0.2, 0) is 5.41 Å². The molecule has 0 saturated heterocycles. The summed E-state index contributed by atoms with van der Waals surface area (Å²) >= 11 is 0. The summed E-state index contributed by atoms with van der Waals surface area (Å²) in [5, 5.41) is 10.3. The summed E-state index contributed by atoms with van der Waals surface area (Å²) in [5.74, 6) is 0. The molecule has 53 heavy (non-hydrogen) atoms. The Bertz CT molecular complexity index is 3120. The van der Waals surface area contributed by atoms with Gasteiger partial charge in [-0.1, -0.05) is 182 Å². The Kier molecular flexibility index (Phi) is 5.80. The van der Waals surface area contributed by atoms with Crippen molar-refractivity contribution in [3.05, 3.63) is 216 Å². The predicted octanol–water partition coefficient (Wildman–Crippen LogP) is 14.0. The second-order valence-corrected chi connectivity index (χ2v) is 14.7. The first kappa shape index (κ1) is 28.9. The highest BCUT2D eigenvalue weighted by atomic mass is 14.5. The summed E-state index contributed by atoms with van der Waals surface area (Å²) < 4.78 is 0. The van der Waals surface area contributed by atoms with Crippen LogP contribution >= 0.6 is 0 Å². The van der Waals surface area contributed by atoms with Crippen LogP contribution in [0, 0.1) is 0 Å². The van der Waals surface area contributed by atoms with Gasteiger partial charge in [0.2, 0.25) is 0 Å². The van der Waals surface area contributed by atoms with Crippen LogP contribution in [0.4, 0.5) is 0 Å². The van der Waals surface area contributed by atoms with Crippen molar-refractivity contribution in [3.8, 4) is 44.5 Å². The van der Waals surface area contributed by atoms with Crippen LogP contribution < -0.4 is 0 Å². The quantitative estimate of drug-likeness (QED) is 0.161. The Morgan fingerprint density at radius 1 is 0.264 bits per heavy atom. The number of hydrogen-bond donors (Lipinski definition) is 0. The SMILES string of the molecule is c1ccc2c(c1)-c1ccccc1C21c2ccc3ccccc3c2-c2ccc3cc(-c4ccc(-c5cc6ccccc6c6ccccc56)cc4)ccc3c21. The van der Waals surface area contributed by atoms with Crippen molar-refractivity contribution in [1.29, 1.82) is 0 Å². The molecule has 0 bridgehead atoms. The summed E-state index contributed by atoms with van der Waals surface area (Å²) in [6.07, 6.45) is 0. The van der Waals surface area contributed by atoms with E-state index in [1.54, 1.807) is 0 Å². The average molecular weight is 669 g/mol. The highest BCUT2D eigenvalue weighted by Gasteiger charge is 2.52. The van der Waals surface area contributed by atoms with E-state index in [1.807, 2.05) is 0 Å². The lowest BCUT2D eigenvalue weighted by atomic mass is 9.69. The van der Waals surface area contributed by atoms with Gasteiger partial charge in [-0.2, -0.15) is 0 Å². The van der Waals surface area contributed by atoms with E-state index in [0.717, 1.165) is 0 Å². The first-order chi connectivity index (χ1) is 26.3. The maximum Gasteiger partial charge on any atom is 0.0731 e. The number of rotatable bonds is 2. The minimum absolute atomic E-state index is 0.396. The van der Waals surface area contributed by atoms with Crippen LogP contribution in [0.1, 0.15) is 22.3 Å². The first-order valence-electron chi connectivity index (χ1n) is 18.6. The maximum atomic E-state index is 2.41. The van der Waals surface area contributed by atoms with Crippen molar-refractivity contribution in [2.75, 3.05) is 0 Å². The minimum Gasteiger partial charge on any atom is -0.0619 e. The van der Waals surface area contributed by atoms with E-state index in [0.29, 0.717) is 0 Å². The standard InChI is InChI=1S/C53H32/c1-4-14-40-34(11-1)27-30-50-51(40)46-29-26-38-31-36(25-28-41(38)52(46)53(50)48-19-9-7-17-44(48)45-18-8-10-20-49(45)53)33-21-23-35(24-22-33)47-32-37-12-2-3-13-39(37)42-15-5-6-16-43(42)47/h1-32H. The Morgan fingerprint density at radius 3 is 1.60 bits per heavy atom. The number of benzene rings is 10. The molecule has 12 rings (SSSR count). The second kappa shape index (κ2) is 10.6. The van der Waals surface area contributed by atoms with Gasteiger partial charge in [0, 0.05) is 0 Å². The third-order valence-electron chi connectivity index (χ3n) is 12.2. The zero-order chi connectivity index (χ0) is 34.7. The van der Waals surface area contributed by atoms with E-state index < -0.39 is 5.41 Å². The van der Waals surface area contributed by atoms with Crippen molar-refractivity contribution in [2.45, 2.75) is 5.41 Å². The molecule has 1 spiro atoms. The predicted molar refractivity (Wildman–Crippen MR) is 224 cm³/mol. The molecule has 0 saturated carbocycles. The largest absolute Gasteiger partial charge is 0.0731 e. The van der Waals surface area contributed by atoms with Gasteiger partial charge in [-0.15, -0.1) is 0 Å². The molecular weight excluding hydrogens is 637 g/mol. The molecule has 2 aliphatic carbocycles. The highest BCUT2D eigenvalue weighted by molar-refractivity contribution is 6.14. The molecular formula is C53H32. The molecule has 0 amide bonds. The molecule has 0 heterocycles. The van der Waals surface area contributed by atoms with Crippen LogP contribution in [0.25, 0.3) is 87.6 Å². The van der Waals surface area contributed by atoms with Crippen molar-refractivity contribution in [3.63, 3.8) is 0 Å². The average Bonchev–Trinajstić information content (AvgIpc) is 3.71. The van der Waals surface area contributed by atoms with Crippen molar-refractivity contribution >= 4 is 43.1 Å². The third-order valence-corrected chi connectivity index (χ3v) is 12.2. The van der Waals surface area contributed by atoms with Crippen LogP contribution in [0.5, 0.6) is 0 Å². The zero-order valence-corrected chi connectivity index (χ0v) is 29.0. The first-order valence-corrected chi connectivity index (χ1v) is 18.6. The highest BCUT2D eigenvalue weighted by Crippen LogP contribution is 2.65. The van der Waals surface area contributed by atoms with Gasteiger partial charge in [-0.05, 0) is 122 Å². The second-order valence-electron chi connectivity index (χ2n) is 14.7. The van der Waals surface area contributed by atoms with Gasteiger partial charge in [-0.25, -0.2) is 0 Å². The molecule has 0 unspecified atom stereocenters. The fourth-order valence-corrected chi connectivity index (χ4v) is 10.1. The summed E-state index contributed by atoms with van der Waals surface area (Å²) in [5.41, 5.74) is 15.5. The fraction of sp³-hybridized carbons (Fsp3) is 0.0189. The van der Waals surface area contributed by atoms with Gasteiger partial charge in [0.1, 0.15) is 0 Å². The molecule has 0 atom stereocenters. The van der Waals surface area contributed by atoms with Crippen molar-refractivity contribution in [1.82, 2.24) is 0 Å². The molecule has 244 valence electrons. The topological polar surface area (TPSA) is 0 Å². The van der Waals surface area contributed by atoms with E-state index in [4.69, 9.17) is 0 Å². The molecule has 2 aliphatic rings. The molecule has 0 radical (unpaired) electrons. The summed E-state index contributed by atoms with van der Waals surface area (Å²) in [4.78, 5) is 0. The van der Waals surface area contributed by atoms with Gasteiger partial charge < -0.3 is 0 Å². The number of hydrogen-bond acceptors (Lipinski definition) is 0. The number of fused-ring (bicyclic) bond motifs is 17. The van der Waals surface area contributed by atoms with Gasteiger partial charge >= 0.3 is 0 Å². The Hall–Kier alpha value is -6.76. The molecule has 0 aliphatic heterocycles. The Morgan fingerprint density at radius 2 is 0.830 bits per heavy atom. The molecule has 10 aromatic carbocycles. The third kappa shape index (κ3) is 3.80. The van der Waals surface area contributed by atoms with E-state index >= 15 is 0 Å². The van der Waals surface area contributed by atoms with Crippen LogP contribution in [0.3, 0.4) is 0 Å². The van der Waals surface area contributed by atoms with Gasteiger partial charge in [-0.3, -0.25) is 0 Å². The minimum atomic E-state index is -0.396. The van der Waals surface area contributed by atoms with E-state index in [1.165, 1.54) is 110 Å². The summed E-state index contributed by atoms with van der Waals surface area (Å²) in [7, 11) is 0. The van der Waals surface area contributed by atoms with E-state index in [9.17, 15) is 0 Å². The lowest BCUT2D eigenvalue weighted by Crippen LogP contribution is -2.26. The van der Waals surface area contributed by atoms with Crippen LogP contribution in [-0.4, -0.2) is 0 Å². The maximum absolute atomic E-state index is 2.41. The Labute approximate surface area is 308 Å². The molecule has 0 heteroatoms. The lowest BCUT2D eigenvalue weighted by molar-refractivity contribution is 0.802. The van der Waals surface area contributed by atoms with Gasteiger partial charge in [0.25, 0.3) is 0 Å². The normalized spacial score (nSPS) is 13.4. The van der Waals surface area contributed by atoms with Gasteiger partial charge in [0.05, 0.1) is 5.41 Å². The monoisotopic (exact) mass is 668 g/mol. The molecule has 10 aromatic rings. The Balaban J connectivity index is 1.06. The molecule has 0 aromatic heterocycles. The molecule has 0 N–H and O–H groups in total.